The third-order valence-corrected chi connectivity index (χ3v) is 6.80. The van der Waals surface area contributed by atoms with E-state index in [0.717, 1.165) is 11.5 Å². The highest BCUT2D eigenvalue weighted by Crippen LogP contribution is 2.28. The van der Waals surface area contributed by atoms with E-state index in [0.29, 0.717) is 16.7 Å². The van der Waals surface area contributed by atoms with Gasteiger partial charge in [0.05, 0.1) is 4.90 Å². The van der Waals surface area contributed by atoms with Gasteiger partial charge < -0.3 is 5.73 Å². The Morgan fingerprint density at radius 2 is 2.22 bits per heavy atom. The Hall–Kier alpha value is -0.240. The summed E-state index contributed by atoms with van der Waals surface area (Å²) in [6.45, 7) is 2.50. The molecule has 1 aliphatic heterocycles. The molecule has 0 radical (unpaired) electrons. The Kier molecular flexibility index (Phi) is 4.25. The molecule has 100 valence electrons. The Morgan fingerprint density at radius 1 is 1.50 bits per heavy atom. The first-order chi connectivity index (χ1) is 8.43. The number of benzene rings is 1. The minimum Gasteiger partial charge on any atom is -0.398 e. The van der Waals surface area contributed by atoms with Gasteiger partial charge in [-0.3, -0.25) is 0 Å². The van der Waals surface area contributed by atoms with Crippen LogP contribution < -0.4 is 5.73 Å². The summed E-state index contributed by atoms with van der Waals surface area (Å²) in [5.74, 6) is 1.68. The van der Waals surface area contributed by atoms with Gasteiger partial charge in [0.2, 0.25) is 10.0 Å². The lowest BCUT2D eigenvalue weighted by Crippen LogP contribution is -2.44. The number of rotatable bonds is 2. The van der Waals surface area contributed by atoms with Crippen LogP contribution in [0.15, 0.2) is 27.6 Å². The number of nitrogens with zero attached hydrogens (tertiary/aromatic N) is 1. The number of halogens is 1. The third-order valence-electron chi connectivity index (χ3n) is 2.88. The summed E-state index contributed by atoms with van der Waals surface area (Å²) in [4.78, 5) is 0.266. The number of thioether (sulfide) groups is 1. The molecule has 1 unspecified atom stereocenters. The van der Waals surface area contributed by atoms with Gasteiger partial charge in [-0.15, -0.1) is 0 Å². The number of anilines is 1. The van der Waals surface area contributed by atoms with Crippen molar-refractivity contribution in [1.82, 2.24) is 4.31 Å². The second-order valence-electron chi connectivity index (χ2n) is 4.22. The average Bonchev–Trinajstić information content (AvgIpc) is 2.33. The number of hydrogen-bond donors (Lipinski definition) is 1. The Morgan fingerprint density at radius 3 is 2.83 bits per heavy atom. The lowest BCUT2D eigenvalue weighted by molar-refractivity contribution is 0.367. The van der Waals surface area contributed by atoms with Crippen LogP contribution in [0.25, 0.3) is 0 Å². The molecule has 0 spiro atoms. The normalized spacial score (nSPS) is 22.0. The van der Waals surface area contributed by atoms with Crippen molar-refractivity contribution >= 4 is 43.4 Å². The van der Waals surface area contributed by atoms with Crippen LogP contribution in [0.2, 0.25) is 0 Å². The molecule has 1 heterocycles. The van der Waals surface area contributed by atoms with Crippen molar-refractivity contribution in [3.63, 3.8) is 0 Å². The van der Waals surface area contributed by atoms with Crippen LogP contribution in [0.4, 0.5) is 5.69 Å². The molecule has 1 atom stereocenters. The SMILES string of the molecule is CC1CSCCN1S(=O)(=O)c1ccc(Br)c(N)c1. The summed E-state index contributed by atoms with van der Waals surface area (Å²) in [6, 6.07) is 4.79. The highest BCUT2D eigenvalue weighted by atomic mass is 79.9. The van der Waals surface area contributed by atoms with E-state index in [2.05, 4.69) is 15.9 Å². The molecule has 4 nitrogen and oxygen atoms in total. The highest BCUT2D eigenvalue weighted by Gasteiger charge is 2.31. The fourth-order valence-electron chi connectivity index (χ4n) is 1.89. The first-order valence-electron chi connectivity index (χ1n) is 5.57. The van der Waals surface area contributed by atoms with Crippen molar-refractivity contribution in [3.8, 4) is 0 Å². The van der Waals surface area contributed by atoms with Crippen molar-refractivity contribution in [2.75, 3.05) is 23.8 Å². The predicted octanol–water partition coefficient (Wildman–Crippen LogP) is 2.16. The van der Waals surface area contributed by atoms with Gasteiger partial charge in [0.1, 0.15) is 0 Å². The molecular formula is C11H15BrN2O2S2. The van der Waals surface area contributed by atoms with Gasteiger partial charge in [-0.1, -0.05) is 0 Å². The van der Waals surface area contributed by atoms with E-state index >= 15 is 0 Å². The van der Waals surface area contributed by atoms with Crippen LogP contribution in [0.3, 0.4) is 0 Å². The second-order valence-corrected chi connectivity index (χ2v) is 8.12. The predicted molar refractivity (Wildman–Crippen MR) is 79.2 cm³/mol. The van der Waals surface area contributed by atoms with Crippen LogP contribution >= 0.6 is 27.7 Å². The molecule has 0 amide bonds. The fraction of sp³-hybridized carbons (Fsp3) is 0.455. The maximum atomic E-state index is 12.5. The van der Waals surface area contributed by atoms with Crippen molar-refractivity contribution in [1.29, 1.82) is 0 Å². The molecule has 1 saturated heterocycles. The molecule has 2 N–H and O–H groups in total. The molecule has 0 aliphatic carbocycles. The maximum Gasteiger partial charge on any atom is 0.243 e. The van der Waals surface area contributed by atoms with Gasteiger partial charge in [0.15, 0.2) is 0 Å². The minimum atomic E-state index is -3.43. The summed E-state index contributed by atoms with van der Waals surface area (Å²) in [7, 11) is -3.43. The van der Waals surface area contributed by atoms with E-state index in [1.807, 2.05) is 6.92 Å². The highest BCUT2D eigenvalue weighted by molar-refractivity contribution is 9.10. The van der Waals surface area contributed by atoms with Crippen molar-refractivity contribution < 1.29 is 8.42 Å². The molecule has 1 fully saturated rings. The topological polar surface area (TPSA) is 63.4 Å². The lowest BCUT2D eigenvalue weighted by Gasteiger charge is -2.32. The molecule has 18 heavy (non-hydrogen) atoms. The largest absolute Gasteiger partial charge is 0.398 e. The molecule has 1 aromatic carbocycles. The van der Waals surface area contributed by atoms with Gasteiger partial charge in [-0.2, -0.15) is 16.1 Å². The summed E-state index contributed by atoms with van der Waals surface area (Å²) in [6.07, 6.45) is 0. The maximum absolute atomic E-state index is 12.5. The van der Waals surface area contributed by atoms with Gasteiger partial charge in [0, 0.05) is 34.3 Å². The van der Waals surface area contributed by atoms with Crippen LogP contribution in [-0.4, -0.2) is 36.8 Å². The average molecular weight is 351 g/mol. The quantitative estimate of drug-likeness (QED) is 0.830. The van der Waals surface area contributed by atoms with Gasteiger partial charge in [-0.25, -0.2) is 8.42 Å². The molecule has 1 aromatic rings. The van der Waals surface area contributed by atoms with E-state index < -0.39 is 10.0 Å². The molecule has 0 aromatic heterocycles. The van der Waals surface area contributed by atoms with E-state index in [1.165, 1.54) is 6.07 Å². The zero-order valence-corrected chi connectivity index (χ0v) is 13.2. The van der Waals surface area contributed by atoms with Crippen molar-refractivity contribution in [2.45, 2.75) is 17.9 Å². The Bertz CT molecular complexity index is 548. The number of nitrogen functional groups attached to an aromatic ring is 1. The van der Waals surface area contributed by atoms with E-state index in [-0.39, 0.29) is 10.9 Å². The van der Waals surface area contributed by atoms with Crippen LogP contribution in [0.1, 0.15) is 6.92 Å². The number of nitrogens with two attached hydrogens (primary N) is 1. The molecule has 7 heteroatoms. The van der Waals surface area contributed by atoms with E-state index in [9.17, 15) is 8.42 Å². The van der Waals surface area contributed by atoms with Crippen molar-refractivity contribution in [3.05, 3.63) is 22.7 Å². The van der Waals surface area contributed by atoms with Gasteiger partial charge in [0.25, 0.3) is 0 Å². The van der Waals surface area contributed by atoms with E-state index in [1.54, 1.807) is 28.2 Å². The van der Waals surface area contributed by atoms with Crippen molar-refractivity contribution in [2.24, 2.45) is 0 Å². The first-order valence-corrected chi connectivity index (χ1v) is 8.96. The Labute approximate surface area is 120 Å². The van der Waals surface area contributed by atoms with Gasteiger partial charge in [-0.05, 0) is 41.1 Å². The lowest BCUT2D eigenvalue weighted by atomic mass is 10.3. The first kappa shape index (κ1) is 14.2. The Balaban J connectivity index is 2.37. The second kappa shape index (κ2) is 5.40. The molecule has 1 aliphatic rings. The number of hydrogen-bond acceptors (Lipinski definition) is 4. The summed E-state index contributed by atoms with van der Waals surface area (Å²) < 4.78 is 27.3. The third kappa shape index (κ3) is 2.68. The van der Waals surface area contributed by atoms with E-state index in [4.69, 9.17) is 5.73 Å². The monoisotopic (exact) mass is 350 g/mol. The molecular weight excluding hydrogens is 336 g/mol. The zero-order chi connectivity index (χ0) is 13.3. The zero-order valence-electron chi connectivity index (χ0n) is 9.97. The van der Waals surface area contributed by atoms with Gasteiger partial charge >= 0.3 is 0 Å². The summed E-state index contributed by atoms with van der Waals surface area (Å²) in [5, 5.41) is 0. The standard InChI is InChI=1S/C11H15BrN2O2S2/c1-8-7-17-5-4-14(8)18(15,16)9-2-3-10(12)11(13)6-9/h2-3,6,8H,4-5,7,13H2,1H3. The summed E-state index contributed by atoms with van der Waals surface area (Å²) in [5.41, 5.74) is 6.19. The molecule has 0 bridgehead atoms. The minimum absolute atomic E-state index is 0.0265. The van der Waals surface area contributed by atoms with Crippen LogP contribution in [0.5, 0.6) is 0 Å². The van der Waals surface area contributed by atoms with Crippen LogP contribution in [0, 0.1) is 0 Å². The fourth-order valence-corrected chi connectivity index (χ4v) is 5.02. The molecule has 0 saturated carbocycles. The number of sulfonamides is 1. The van der Waals surface area contributed by atoms with Crippen LogP contribution in [-0.2, 0) is 10.0 Å². The summed E-state index contributed by atoms with van der Waals surface area (Å²) >= 11 is 5.05. The smallest absolute Gasteiger partial charge is 0.243 e. The molecule has 2 rings (SSSR count).